The Hall–Kier alpha value is -1.39. The highest BCUT2D eigenvalue weighted by Crippen LogP contribution is 2.47. The van der Waals surface area contributed by atoms with E-state index in [2.05, 4.69) is 0 Å². The van der Waals surface area contributed by atoms with Crippen molar-refractivity contribution in [3.8, 4) is 0 Å². The molecular weight excluding hydrogens is 242 g/mol. The fraction of sp³-hybridized carbons (Fsp3) is 0.533. The third kappa shape index (κ3) is 2.80. The molecule has 2 rings (SSSR count). The fourth-order valence-corrected chi connectivity index (χ4v) is 2.67. The minimum absolute atomic E-state index is 0.0297. The van der Waals surface area contributed by atoms with E-state index in [1.807, 2.05) is 24.3 Å². The molecule has 3 N–H and O–H groups in total. The van der Waals surface area contributed by atoms with Crippen molar-refractivity contribution >= 4 is 5.97 Å². The van der Waals surface area contributed by atoms with Crippen molar-refractivity contribution in [2.45, 2.75) is 25.9 Å². The summed E-state index contributed by atoms with van der Waals surface area (Å²) < 4.78 is 4.97. The van der Waals surface area contributed by atoms with Crippen LogP contribution in [-0.2, 0) is 22.6 Å². The van der Waals surface area contributed by atoms with Gasteiger partial charge in [0.05, 0.1) is 19.1 Å². The van der Waals surface area contributed by atoms with Gasteiger partial charge in [-0.3, -0.25) is 4.79 Å². The standard InChI is InChI=1S/C15H21NO3/c1-19-14(18)15(10-16,13-6-7-13)8-11-2-4-12(9-17)5-3-11/h2-5,13,17H,6-10,16H2,1H3. The molecular formula is C15H21NO3. The predicted molar refractivity (Wildman–Crippen MR) is 72.3 cm³/mol. The number of nitrogens with two attached hydrogens (primary N) is 1. The summed E-state index contributed by atoms with van der Waals surface area (Å²) in [5, 5.41) is 9.04. The first kappa shape index (κ1) is 14.0. The van der Waals surface area contributed by atoms with Crippen LogP contribution in [-0.4, -0.2) is 24.7 Å². The zero-order chi connectivity index (χ0) is 13.9. The highest BCUT2D eigenvalue weighted by molar-refractivity contribution is 5.78. The Kier molecular flexibility index (Phi) is 4.22. The van der Waals surface area contributed by atoms with Gasteiger partial charge in [-0.25, -0.2) is 0 Å². The molecule has 1 unspecified atom stereocenters. The van der Waals surface area contributed by atoms with Crippen LogP contribution >= 0.6 is 0 Å². The first-order valence-electron chi connectivity index (χ1n) is 6.63. The second-order valence-electron chi connectivity index (χ2n) is 5.28. The highest BCUT2D eigenvalue weighted by Gasteiger charge is 2.50. The number of esters is 1. The van der Waals surface area contributed by atoms with Crippen molar-refractivity contribution in [2.75, 3.05) is 13.7 Å². The second kappa shape index (κ2) is 5.72. The monoisotopic (exact) mass is 263 g/mol. The molecule has 1 aromatic rings. The number of benzene rings is 1. The zero-order valence-electron chi connectivity index (χ0n) is 11.3. The molecule has 0 amide bonds. The number of aliphatic hydroxyl groups is 1. The van der Waals surface area contributed by atoms with E-state index in [4.69, 9.17) is 15.6 Å². The number of aliphatic hydroxyl groups excluding tert-OH is 1. The van der Waals surface area contributed by atoms with Crippen LogP contribution in [0.25, 0.3) is 0 Å². The number of carbonyl (C=O) groups excluding carboxylic acids is 1. The largest absolute Gasteiger partial charge is 0.469 e. The first-order valence-corrected chi connectivity index (χ1v) is 6.63. The smallest absolute Gasteiger partial charge is 0.313 e. The van der Waals surface area contributed by atoms with Crippen LogP contribution < -0.4 is 5.73 Å². The Labute approximate surface area is 113 Å². The zero-order valence-corrected chi connectivity index (χ0v) is 11.3. The maximum absolute atomic E-state index is 12.1. The average molecular weight is 263 g/mol. The van der Waals surface area contributed by atoms with Crippen molar-refractivity contribution in [1.29, 1.82) is 0 Å². The number of rotatable bonds is 6. The Morgan fingerprint density at radius 3 is 2.37 bits per heavy atom. The van der Waals surface area contributed by atoms with Gasteiger partial charge >= 0.3 is 5.97 Å². The third-order valence-electron chi connectivity index (χ3n) is 4.04. The molecule has 0 bridgehead atoms. The molecule has 0 aliphatic heterocycles. The minimum Gasteiger partial charge on any atom is -0.469 e. The van der Waals surface area contributed by atoms with Gasteiger partial charge in [-0.05, 0) is 36.3 Å². The molecule has 0 saturated heterocycles. The molecule has 0 heterocycles. The van der Waals surface area contributed by atoms with Gasteiger partial charge in [-0.2, -0.15) is 0 Å². The maximum Gasteiger partial charge on any atom is 0.313 e. The molecule has 1 aliphatic carbocycles. The van der Waals surface area contributed by atoms with Crippen molar-refractivity contribution in [3.05, 3.63) is 35.4 Å². The summed E-state index contributed by atoms with van der Waals surface area (Å²) in [6.45, 7) is 0.341. The van der Waals surface area contributed by atoms with E-state index in [0.717, 1.165) is 24.0 Å². The molecule has 1 aromatic carbocycles. The second-order valence-corrected chi connectivity index (χ2v) is 5.28. The summed E-state index contributed by atoms with van der Waals surface area (Å²) in [5.74, 6) is 0.131. The van der Waals surface area contributed by atoms with Crippen molar-refractivity contribution in [3.63, 3.8) is 0 Å². The van der Waals surface area contributed by atoms with E-state index in [-0.39, 0.29) is 12.6 Å². The molecule has 1 atom stereocenters. The molecule has 1 fully saturated rings. The van der Waals surface area contributed by atoms with Gasteiger partial charge in [-0.1, -0.05) is 24.3 Å². The van der Waals surface area contributed by atoms with Crippen LogP contribution in [0.15, 0.2) is 24.3 Å². The van der Waals surface area contributed by atoms with Crippen LogP contribution in [0.1, 0.15) is 24.0 Å². The van der Waals surface area contributed by atoms with Crippen LogP contribution in [0.5, 0.6) is 0 Å². The van der Waals surface area contributed by atoms with E-state index in [9.17, 15) is 4.79 Å². The van der Waals surface area contributed by atoms with Crippen LogP contribution in [0, 0.1) is 11.3 Å². The fourth-order valence-electron chi connectivity index (χ4n) is 2.67. The van der Waals surface area contributed by atoms with Gasteiger partial charge in [-0.15, -0.1) is 0 Å². The maximum atomic E-state index is 12.1. The molecule has 1 saturated carbocycles. The summed E-state index contributed by atoms with van der Waals surface area (Å²) in [5.41, 5.74) is 7.22. The first-order chi connectivity index (χ1) is 9.16. The quantitative estimate of drug-likeness (QED) is 0.758. The number of hydrogen-bond acceptors (Lipinski definition) is 4. The van der Waals surface area contributed by atoms with Crippen molar-refractivity contribution in [1.82, 2.24) is 0 Å². The highest BCUT2D eigenvalue weighted by atomic mass is 16.5. The Morgan fingerprint density at radius 1 is 1.37 bits per heavy atom. The van der Waals surface area contributed by atoms with Gasteiger partial charge in [0.1, 0.15) is 0 Å². The summed E-state index contributed by atoms with van der Waals surface area (Å²) in [7, 11) is 1.42. The summed E-state index contributed by atoms with van der Waals surface area (Å²) in [6, 6.07) is 7.64. The van der Waals surface area contributed by atoms with Crippen LogP contribution in [0.3, 0.4) is 0 Å². The topological polar surface area (TPSA) is 72.5 Å². The Balaban J connectivity index is 2.21. The molecule has 0 aromatic heterocycles. The predicted octanol–water partition coefficient (Wildman–Crippen LogP) is 1.25. The molecule has 0 spiro atoms. The van der Waals surface area contributed by atoms with E-state index in [1.165, 1.54) is 7.11 Å². The van der Waals surface area contributed by atoms with Crippen LogP contribution in [0.4, 0.5) is 0 Å². The molecule has 4 nitrogen and oxygen atoms in total. The lowest BCUT2D eigenvalue weighted by Gasteiger charge is -2.29. The number of ether oxygens (including phenoxy) is 1. The number of hydrogen-bond donors (Lipinski definition) is 2. The number of methoxy groups -OCH3 is 1. The van der Waals surface area contributed by atoms with Crippen LogP contribution in [0.2, 0.25) is 0 Å². The van der Waals surface area contributed by atoms with Gasteiger partial charge in [0.15, 0.2) is 0 Å². The minimum atomic E-state index is -0.588. The third-order valence-corrected chi connectivity index (χ3v) is 4.04. The summed E-state index contributed by atoms with van der Waals surface area (Å²) in [4.78, 5) is 12.1. The van der Waals surface area contributed by atoms with E-state index in [1.54, 1.807) is 0 Å². The normalized spacial score (nSPS) is 17.8. The van der Waals surface area contributed by atoms with E-state index in [0.29, 0.717) is 18.9 Å². The summed E-state index contributed by atoms with van der Waals surface area (Å²) in [6.07, 6.45) is 2.69. The lowest BCUT2D eigenvalue weighted by Crippen LogP contribution is -2.43. The Bertz CT molecular complexity index is 439. The Morgan fingerprint density at radius 2 is 1.95 bits per heavy atom. The van der Waals surface area contributed by atoms with Gasteiger partial charge < -0.3 is 15.6 Å². The molecule has 19 heavy (non-hydrogen) atoms. The van der Waals surface area contributed by atoms with Crippen molar-refractivity contribution < 1.29 is 14.6 Å². The molecule has 1 aliphatic rings. The van der Waals surface area contributed by atoms with E-state index >= 15 is 0 Å². The van der Waals surface area contributed by atoms with Crippen molar-refractivity contribution in [2.24, 2.45) is 17.1 Å². The SMILES string of the molecule is COC(=O)C(CN)(Cc1ccc(CO)cc1)C1CC1. The summed E-state index contributed by atoms with van der Waals surface area (Å²) >= 11 is 0. The lowest BCUT2D eigenvalue weighted by atomic mass is 9.77. The lowest BCUT2D eigenvalue weighted by molar-refractivity contribution is -0.153. The average Bonchev–Trinajstić information content (AvgIpc) is 3.29. The van der Waals surface area contributed by atoms with E-state index < -0.39 is 5.41 Å². The molecule has 0 radical (unpaired) electrons. The molecule has 104 valence electrons. The van der Waals surface area contributed by atoms with Gasteiger partial charge in [0.25, 0.3) is 0 Å². The van der Waals surface area contributed by atoms with Gasteiger partial charge in [0.2, 0.25) is 0 Å². The molecule has 4 heteroatoms. The number of carbonyl (C=O) groups is 1. The van der Waals surface area contributed by atoms with Gasteiger partial charge in [0, 0.05) is 6.54 Å².